The zero-order chi connectivity index (χ0) is 22.8. The van der Waals surface area contributed by atoms with Gasteiger partial charge in [0.15, 0.2) is 0 Å². The third-order valence-electron chi connectivity index (χ3n) is 4.27. The molecular weight excluding hydrogens is 433 g/mol. The Morgan fingerprint density at radius 1 is 1.00 bits per heavy atom. The number of aromatic nitrogens is 2. The van der Waals surface area contributed by atoms with Gasteiger partial charge < -0.3 is 5.32 Å². The van der Waals surface area contributed by atoms with Crippen molar-refractivity contribution in [2.45, 2.75) is 11.1 Å². The Kier molecular flexibility index (Phi) is 6.09. The smallest absolute Gasteiger partial charge is 0.321 e. The highest BCUT2D eigenvalue weighted by atomic mass is 32.2. The summed E-state index contributed by atoms with van der Waals surface area (Å²) in [5.41, 5.74) is -0.771. The van der Waals surface area contributed by atoms with E-state index in [1.165, 1.54) is 62.8 Å². The van der Waals surface area contributed by atoms with Gasteiger partial charge in [-0.3, -0.25) is 14.8 Å². The van der Waals surface area contributed by atoms with Crippen molar-refractivity contribution in [3.8, 4) is 11.3 Å². The highest BCUT2D eigenvalue weighted by molar-refractivity contribution is 7.89. The molecule has 1 N–H and O–H groups in total. The predicted octanol–water partition coefficient (Wildman–Crippen LogP) is 3.67. The van der Waals surface area contributed by atoms with E-state index in [0.29, 0.717) is 5.69 Å². The van der Waals surface area contributed by atoms with Gasteiger partial charge in [0.05, 0.1) is 16.2 Å². The molecule has 0 saturated carbocycles. The minimum Gasteiger partial charge on any atom is -0.321 e. The molecule has 0 aliphatic heterocycles. The van der Waals surface area contributed by atoms with Crippen molar-refractivity contribution in [3.05, 3.63) is 72.2 Å². The number of alkyl halides is 3. The molecule has 0 radical (unpaired) electrons. The van der Waals surface area contributed by atoms with Crippen LogP contribution in [0.25, 0.3) is 11.3 Å². The zero-order valence-corrected chi connectivity index (χ0v) is 17.2. The van der Waals surface area contributed by atoms with Crippen LogP contribution in [0.1, 0.15) is 16.1 Å². The molecule has 0 saturated heterocycles. The number of nitrogens with one attached hydrogen (secondary N) is 1. The van der Waals surface area contributed by atoms with Crippen molar-refractivity contribution in [1.29, 1.82) is 0 Å². The number of benzene rings is 1. The second-order valence-electron chi connectivity index (χ2n) is 6.60. The molecule has 2 aromatic heterocycles. The van der Waals surface area contributed by atoms with Gasteiger partial charge >= 0.3 is 6.18 Å². The molecule has 0 bridgehead atoms. The summed E-state index contributed by atoms with van der Waals surface area (Å²) in [6.07, 6.45) is -2.20. The third kappa shape index (κ3) is 4.89. The summed E-state index contributed by atoms with van der Waals surface area (Å²) in [6, 6.07) is 10.3. The maximum Gasteiger partial charge on any atom is 0.418 e. The zero-order valence-electron chi connectivity index (χ0n) is 16.4. The van der Waals surface area contributed by atoms with Crippen molar-refractivity contribution in [3.63, 3.8) is 0 Å². The van der Waals surface area contributed by atoms with Crippen molar-refractivity contribution in [1.82, 2.24) is 14.3 Å². The molecule has 1 aromatic carbocycles. The molecule has 31 heavy (non-hydrogen) atoms. The minimum absolute atomic E-state index is 0.0294. The van der Waals surface area contributed by atoms with E-state index in [9.17, 15) is 26.4 Å². The van der Waals surface area contributed by atoms with Gasteiger partial charge in [-0.05, 0) is 48.5 Å². The molecule has 0 fully saturated rings. The summed E-state index contributed by atoms with van der Waals surface area (Å²) in [7, 11) is -0.786. The fourth-order valence-corrected chi connectivity index (χ4v) is 3.55. The summed E-state index contributed by atoms with van der Waals surface area (Å²) < 4.78 is 64.7. The Morgan fingerprint density at radius 3 is 2.23 bits per heavy atom. The molecular formula is C20H17F3N4O3S. The van der Waals surface area contributed by atoms with Gasteiger partial charge in [0.25, 0.3) is 5.91 Å². The largest absolute Gasteiger partial charge is 0.418 e. The van der Waals surface area contributed by atoms with Crippen LogP contribution in [0, 0.1) is 0 Å². The molecule has 0 unspecified atom stereocenters. The van der Waals surface area contributed by atoms with Crippen molar-refractivity contribution in [2.75, 3.05) is 19.4 Å². The molecule has 2 heterocycles. The Morgan fingerprint density at radius 2 is 1.68 bits per heavy atom. The van der Waals surface area contributed by atoms with Crippen LogP contribution in [0.2, 0.25) is 0 Å². The van der Waals surface area contributed by atoms with E-state index in [1.807, 2.05) is 0 Å². The van der Waals surface area contributed by atoms with E-state index in [4.69, 9.17) is 0 Å². The van der Waals surface area contributed by atoms with E-state index < -0.39 is 27.7 Å². The number of nitrogens with zero attached hydrogens (tertiary/aromatic N) is 3. The quantitative estimate of drug-likeness (QED) is 0.641. The molecule has 0 atom stereocenters. The maximum atomic E-state index is 13.2. The van der Waals surface area contributed by atoms with Gasteiger partial charge in [-0.1, -0.05) is 0 Å². The minimum atomic E-state index is -4.58. The summed E-state index contributed by atoms with van der Waals surface area (Å²) >= 11 is 0. The first-order valence-electron chi connectivity index (χ1n) is 8.83. The van der Waals surface area contributed by atoms with Crippen LogP contribution in [-0.4, -0.2) is 42.7 Å². The van der Waals surface area contributed by atoms with Crippen LogP contribution in [0.4, 0.5) is 18.9 Å². The second-order valence-corrected chi connectivity index (χ2v) is 8.75. The van der Waals surface area contributed by atoms with Gasteiger partial charge in [0, 0.05) is 37.7 Å². The lowest BCUT2D eigenvalue weighted by atomic mass is 10.1. The van der Waals surface area contributed by atoms with Crippen LogP contribution in [0.3, 0.4) is 0 Å². The lowest BCUT2D eigenvalue weighted by molar-refractivity contribution is -0.137. The number of carbonyl (C=O) groups is 1. The second kappa shape index (κ2) is 8.44. The molecule has 3 rings (SSSR count). The highest BCUT2D eigenvalue weighted by Gasteiger charge is 2.34. The van der Waals surface area contributed by atoms with Gasteiger partial charge in [-0.15, -0.1) is 0 Å². The fourth-order valence-electron chi connectivity index (χ4n) is 2.65. The summed E-state index contributed by atoms with van der Waals surface area (Å²) in [6.45, 7) is 0. The summed E-state index contributed by atoms with van der Waals surface area (Å²) in [4.78, 5) is 20.2. The van der Waals surface area contributed by atoms with Gasteiger partial charge in [-0.2, -0.15) is 13.2 Å². The predicted molar refractivity (Wildman–Crippen MR) is 108 cm³/mol. The van der Waals surface area contributed by atoms with Crippen LogP contribution in [0.5, 0.6) is 0 Å². The lowest BCUT2D eigenvalue weighted by Gasteiger charge is -2.12. The van der Waals surface area contributed by atoms with E-state index in [2.05, 4.69) is 15.3 Å². The number of hydrogen-bond acceptors (Lipinski definition) is 5. The highest BCUT2D eigenvalue weighted by Crippen LogP contribution is 2.35. The van der Waals surface area contributed by atoms with E-state index in [-0.39, 0.29) is 21.8 Å². The number of pyridine rings is 2. The molecule has 1 amide bonds. The lowest BCUT2D eigenvalue weighted by Crippen LogP contribution is -2.22. The molecule has 0 aliphatic rings. The Bertz CT molecular complexity index is 1190. The van der Waals surface area contributed by atoms with Crippen molar-refractivity contribution < 1.29 is 26.4 Å². The van der Waals surface area contributed by atoms with Crippen molar-refractivity contribution in [2.24, 2.45) is 0 Å². The number of rotatable bonds is 5. The molecule has 11 heteroatoms. The Labute approximate surface area is 176 Å². The van der Waals surface area contributed by atoms with Crippen LogP contribution >= 0.6 is 0 Å². The average molecular weight is 450 g/mol. The number of anilines is 1. The average Bonchev–Trinajstić information content (AvgIpc) is 2.73. The van der Waals surface area contributed by atoms with E-state index in [0.717, 1.165) is 16.6 Å². The summed E-state index contributed by atoms with van der Waals surface area (Å²) in [5.74, 6) is -0.605. The first kappa shape index (κ1) is 22.4. The molecule has 3 aromatic rings. The Balaban J connectivity index is 1.78. The van der Waals surface area contributed by atoms with Crippen LogP contribution in [0.15, 0.2) is 65.8 Å². The molecule has 0 aliphatic carbocycles. The standard InChI is InChI=1S/C20H17F3N4O3S/c1-27(2)31(29,30)15-8-6-14(7-9-15)26-19(28)17-10-5-13(12-25-17)18-16(20(21,22)23)4-3-11-24-18/h3-12H,1-2H3,(H,26,28). The van der Waals surface area contributed by atoms with E-state index >= 15 is 0 Å². The molecule has 162 valence electrons. The van der Waals surface area contributed by atoms with Crippen LogP contribution in [-0.2, 0) is 16.2 Å². The first-order valence-corrected chi connectivity index (χ1v) is 10.3. The maximum absolute atomic E-state index is 13.2. The number of hydrogen-bond donors (Lipinski definition) is 1. The van der Waals surface area contributed by atoms with E-state index in [1.54, 1.807) is 0 Å². The number of carbonyl (C=O) groups excluding carboxylic acids is 1. The number of amides is 1. The topological polar surface area (TPSA) is 92.3 Å². The SMILES string of the molecule is CN(C)S(=O)(=O)c1ccc(NC(=O)c2ccc(-c3ncccc3C(F)(F)F)cn2)cc1. The van der Waals surface area contributed by atoms with Gasteiger partial charge in [0.2, 0.25) is 10.0 Å². The van der Waals surface area contributed by atoms with Crippen LogP contribution < -0.4 is 5.32 Å². The van der Waals surface area contributed by atoms with Gasteiger partial charge in [0.1, 0.15) is 5.69 Å². The van der Waals surface area contributed by atoms with Crippen molar-refractivity contribution >= 4 is 21.6 Å². The van der Waals surface area contributed by atoms with Gasteiger partial charge in [-0.25, -0.2) is 12.7 Å². The Hall–Kier alpha value is -3.31. The molecule has 0 spiro atoms. The monoisotopic (exact) mass is 450 g/mol. The first-order chi connectivity index (χ1) is 14.5. The molecule has 7 nitrogen and oxygen atoms in total. The number of sulfonamides is 1. The normalized spacial score (nSPS) is 12.1. The summed E-state index contributed by atoms with van der Waals surface area (Å²) in [5, 5.41) is 2.56. The fraction of sp³-hybridized carbons (Fsp3) is 0.150. The third-order valence-corrected chi connectivity index (χ3v) is 6.10. The number of halogens is 3.